The summed E-state index contributed by atoms with van der Waals surface area (Å²) in [6.45, 7) is 1.37. The van der Waals surface area contributed by atoms with Crippen molar-refractivity contribution in [3.05, 3.63) is 83.7 Å². The first-order valence-corrected chi connectivity index (χ1v) is 11.2. The number of nitrogens with zero attached hydrogens (tertiary/aromatic N) is 1. The van der Waals surface area contributed by atoms with Gasteiger partial charge in [-0.15, -0.1) is 0 Å². The number of rotatable bonds is 9. The minimum Gasteiger partial charge on any atom is -0.495 e. The smallest absolute Gasteiger partial charge is 0.210 e. The van der Waals surface area contributed by atoms with Gasteiger partial charge in [-0.25, -0.2) is 8.42 Å². The van der Waals surface area contributed by atoms with Crippen molar-refractivity contribution in [2.45, 2.75) is 36.0 Å². The number of aromatic nitrogens is 1. The topological polar surface area (TPSA) is 90.4 Å². The quantitative estimate of drug-likeness (QED) is 0.472. The lowest BCUT2D eigenvalue weighted by molar-refractivity contribution is -0.118. The maximum Gasteiger partial charge on any atom is 0.210 e. The Morgan fingerprint density at radius 3 is 2.35 bits per heavy atom. The lowest BCUT2D eigenvalue weighted by Gasteiger charge is -2.11. The Hall–Kier alpha value is -3.32. The highest BCUT2D eigenvalue weighted by Crippen LogP contribution is 2.30. The van der Waals surface area contributed by atoms with Gasteiger partial charge >= 0.3 is 0 Å². The number of aryl methyl sites for hydroxylation is 1. The summed E-state index contributed by atoms with van der Waals surface area (Å²) in [5.41, 5.74) is 2.02. The second-order valence-electron chi connectivity index (χ2n) is 7.15. The molecule has 0 N–H and O–H groups in total. The molecule has 0 aliphatic heterocycles. The SMILES string of the molecule is COc1ccc(C(C)=O)cc1S(=O)(=O)c1ccc(CC(=O)CCc2cccnc2)cc1. The number of hydrogen-bond acceptors (Lipinski definition) is 6. The summed E-state index contributed by atoms with van der Waals surface area (Å²) in [5, 5.41) is 0. The average Bonchev–Trinajstić information content (AvgIpc) is 2.78. The fourth-order valence-electron chi connectivity index (χ4n) is 3.16. The van der Waals surface area contributed by atoms with Gasteiger partial charge in [-0.05, 0) is 60.9 Å². The summed E-state index contributed by atoms with van der Waals surface area (Å²) >= 11 is 0. The molecule has 0 radical (unpaired) electrons. The van der Waals surface area contributed by atoms with Gasteiger partial charge in [-0.1, -0.05) is 18.2 Å². The van der Waals surface area contributed by atoms with Gasteiger partial charge < -0.3 is 4.74 Å². The molecule has 0 aliphatic carbocycles. The van der Waals surface area contributed by atoms with Crippen molar-refractivity contribution in [3.8, 4) is 5.75 Å². The molecule has 3 rings (SSSR count). The summed E-state index contributed by atoms with van der Waals surface area (Å²) < 4.78 is 31.4. The van der Waals surface area contributed by atoms with E-state index in [1.807, 2.05) is 12.1 Å². The van der Waals surface area contributed by atoms with Gasteiger partial charge in [0.15, 0.2) is 5.78 Å². The van der Waals surface area contributed by atoms with Gasteiger partial charge in [0.1, 0.15) is 16.4 Å². The second-order valence-corrected chi connectivity index (χ2v) is 9.06. The van der Waals surface area contributed by atoms with Crippen LogP contribution in [0.25, 0.3) is 0 Å². The normalized spacial score (nSPS) is 11.2. The number of hydrogen-bond donors (Lipinski definition) is 0. The van der Waals surface area contributed by atoms with E-state index in [1.165, 1.54) is 44.4 Å². The monoisotopic (exact) mass is 437 g/mol. The van der Waals surface area contributed by atoms with E-state index in [9.17, 15) is 18.0 Å². The number of carbonyl (C=O) groups excluding carboxylic acids is 2. The lowest BCUT2D eigenvalue weighted by atomic mass is 10.0. The molecule has 0 fully saturated rings. The van der Waals surface area contributed by atoms with Crippen LogP contribution in [0.3, 0.4) is 0 Å². The summed E-state index contributed by atoms with van der Waals surface area (Å²) in [7, 11) is -2.52. The van der Waals surface area contributed by atoms with Gasteiger partial charge in [0.05, 0.1) is 12.0 Å². The zero-order valence-corrected chi connectivity index (χ0v) is 18.2. The maximum atomic E-state index is 13.1. The van der Waals surface area contributed by atoms with Crippen molar-refractivity contribution in [3.63, 3.8) is 0 Å². The van der Waals surface area contributed by atoms with E-state index in [-0.39, 0.29) is 39.1 Å². The van der Waals surface area contributed by atoms with Crippen LogP contribution in [0, 0.1) is 0 Å². The van der Waals surface area contributed by atoms with Crippen molar-refractivity contribution in [1.29, 1.82) is 0 Å². The molecule has 0 atom stereocenters. The Morgan fingerprint density at radius 2 is 1.74 bits per heavy atom. The molecule has 160 valence electrons. The third-order valence-corrected chi connectivity index (χ3v) is 6.70. The molecule has 6 nitrogen and oxygen atoms in total. The molecule has 0 aliphatic rings. The van der Waals surface area contributed by atoms with E-state index >= 15 is 0 Å². The van der Waals surface area contributed by atoms with E-state index < -0.39 is 9.84 Å². The van der Waals surface area contributed by atoms with E-state index in [2.05, 4.69) is 4.98 Å². The van der Waals surface area contributed by atoms with Gasteiger partial charge in [0.25, 0.3) is 0 Å². The van der Waals surface area contributed by atoms with Crippen LogP contribution in [0.15, 0.2) is 76.8 Å². The van der Waals surface area contributed by atoms with Crippen molar-refractivity contribution in [2.75, 3.05) is 7.11 Å². The Kier molecular flexibility index (Phi) is 6.97. The molecule has 0 bridgehead atoms. The number of methoxy groups -OCH3 is 1. The molecule has 0 saturated heterocycles. The van der Waals surface area contributed by atoms with Crippen molar-refractivity contribution >= 4 is 21.4 Å². The van der Waals surface area contributed by atoms with Gasteiger partial charge in [0, 0.05) is 30.8 Å². The second kappa shape index (κ2) is 9.66. The number of ether oxygens (including phenoxy) is 1. The predicted octanol–water partition coefficient (Wildman–Crippen LogP) is 3.87. The van der Waals surface area contributed by atoms with Crippen LogP contribution in [0.5, 0.6) is 5.75 Å². The summed E-state index contributed by atoms with van der Waals surface area (Å²) in [6.07, 6.45) is 4.66. The largest absolute Gasteiger partial charge is 0.495 e. The number of pyridine rings is 1. The van der Waals surface area contributed by atoms with E-state index in [4.69, 9.17) is 4.74 Å². The maximum absolute atomic E-state index is 13.1. The first kappa shape index (κ1) is 22.4. The average molecular weight is 438 g/mol. The Labute approximate surface area is 181 Å². The molecular weight excluding hydrogens is 414 g/mol. The molecule has 7 heteroatoms. The molecule has 1 aromatic heterocycles. The molecule has 0 saturated carbocycles. The van der Waals surface area contributed by atoms with Crippen molar-refractivity contribution < 1.29 is 22.7 Å². The highest BCUT2D eigenvalue weighted by Gasteiger charge is 2.23. The third kappa shape index (κ3) is 5.44. The van der Waals surface area contributed by atoms with Crippen LogP contribution >= 0.6 is 0 Å². The van der Waals surface area contributed by atoms with Crippen LogP contribution < -0.4 is 4.74 Å². The molecule has 2 aromatic carbocycles. The zero-order valence-electron chi connectivity index (χ0n) is 17.4. The highest BCUT2D eigenvalue weighted by molar-refractivity contribution is 7.91. The van der Waals surface area contributed by atoms with Crippen LogP contribution in [0.1, 0.15) is 34.8 Å². The highest BCUT2D eigenvalue weighted by atomic mass is 32.2. The molecule has 1 heterocycles. The predicted molar refractivity (Wildman–Crippen MR) is 116 cm³/mol. The molecule has 0 unspecified atom stereocenters. The van der Waals surface area contributed by atoms with Crippen LogP contribution in [0.2, 0.25) is 0 Å². The van der Waals surface area contributed by atoms with Crippen LogP contribution in [0.4, 0.5) is 0 Å². The fraction of sp³-hybridized carbons (Fsp3) is 0.208. The summed E-state index contributed by atoms with van der Waals surface area (Å²) in [6, 6.07) is 14.3. The third-order valence-electron chi connectivity index (χ3n) is 4.91. The fourth-order valence-corrected chi connectivity index (χ4v) is 4.61. The number of carbonyl (C=O) groups is 2. The van der Waals surface area contributed by atoms with Gasteiger partial charge in [0.2, 0.25) is 9.84 Å². The summed E-state index contributed by atoms with van der Waals surface area (Å²) in [4.78, 5) is 28.0. The van der Waals surface area contributed by atoms with Crippen LogP contribution in [-0.4, -0.2) is 32.1 Å². The van der Waals surface area contributed by atoms with Crippen molar-refractivity contribution in [1.82, 2.24) is 4.98 Å². The first-order chi connectivity index (χ1) is 14.8. The molecule has 3 aromatic rings. The molecule has 0 spiro atoms. The van der Waals surface area contributed by atoms with E-state index in [0.29, 0.717) is 12.8 Å². The van der Waals surface area contributed by atoms with E-state index in [1.54, 1.807) is 24.5 Å². The number of Topliss-reactive ketones (excluding diaryl/α,β-unsaturated/α-hetero) is 2. The molecule has 0 amide bonds. The van der Waals surface area contributed by atoms with E-state index in [0.717, 1.165) is 11.1 Å². The molecule has 31 heavy (non-hydrogen) atoms. The lowest BCUT2D eigenvalue weighted by Crippen LogP contribution is -2.07. The van der Waals surface area contributed by atoms with Crippen molar-refractivity contribution in [2.24, 2.45) is 0 Å². The number of ketones is 2. The summed E-state index contributed by atoms with van der Waals surface area (Å²) in [5.74, 6) is -0.00538. The molecular formula is C24H23NO5S. The number of sulfone groups is 1. The Morgan fingerprint density at radius 1 is 1.00 bits per heavy atom. The van der Waals surface area contributed by atoms with Gasteiger partial charge in [-0.2, -0.15) is 0 Å². The van der Waals surface area contributed by atoms with Gasteiger partial charge in [-0.3, -0.25) is 14.6 Å². The Balaban J connectivity index is 1.75. The minimum absolute atomic E-state index is 0.0651. The number of benzene rings is 2. The first-order valence-electron chi connectivity index (χ1n) is 9.75. The zero-order chi connectivity index (χ0) is 22.4. The van der Waals surface area contributed by atoms with Crippen LogP contribution in [-0.2, 0) is 27.5 Å². The standard InChI is InChI=1S/C24H23NO5S/c1-17(26)20-8-12-23(30-2)24(15-20)31(28,29)22-10-6-18(7-11-22)14-21(27)9-5-19-4-3-13-25-16-19/h3-4,6-8,10-13,15-16H,5,9,14H2,1-2H3. The Bertz CT molecular complexity index is 1190. The minimum atomic E-state index is -3.90.